The Balaban J connectivity index is 2.02. The van der Waals surface area contributed by atoms with Crippen molar-refractivity contribution in [2.75, 3.05) is 0 Å². The Bertz CT molecular complexity index is 1120. The number of fused-ring (bicyclic) bond motifs is 2. The predicted molar refractivity (Wildman–Crippen MR) is 93.8 cm³/mol. The number of piperidine rings is 1. The molecule has 0 saturated carbocycles. The number of nitrogens with zero attached hydrogens (tertiary/aromatic N) is 2. The summed E-state index contributed by atoms with van der Waals surface area (Å²) in [5.74, 6) is -0.193. The molecule has 24 heavy (non-hydrogen) atoms. The number of carbonyl (C=O) groups excluding carboxylic acids is 1. The Morgan fingerprint density at radius 1 is 1.29 bits per heavy atom. The molecule has 0 radical (unpaired) electrons. The van der Waals surface area contributed by atoms with Crippen molar-refractivity contribution < 1.29 is 6.17 Å². The summed E-state index contributed by atoms with van der Waals surface area (Å²) in [6, 6.07) is 9.65. The van der Waals surface area contributed by atoms with Crippen molar-refractivity contribution in [3.63, 3.8) is 0 Å². The SMILES string of the molecule is [2H][C@]1(n2c(C)nc3cc4ccccc4cc3c2=O)CCC(=C)NC1=O. The first-order valence-corrected chi connectivity index (χ1v) is 7.82. The summed E-state index contributed by atoms with van der Waals surface area (Å²) >= 11 is 0. The molecule has 1 atom stereocenters. The Kier molecular flexibility index (Phi) is 2.98. The third-order valence-corrected chi connectivity index (χ3v) is 4.39. The molecule has 0 unspecified atom stereocenters. The van der Waals surface area contributed by atoms with Crippen LogP contribution in [0, 0.1) is 6.92 Å². The third-order valence-electron chi connectivity index (χ3n) is 4.39. The Morgan fingerprint density at radius 3 is 2.71 bits per heavy atom. The van der Waals surface area contributed by atoms with Gasteiger partial charge in [0.25, 0.3) is 5.56 Å². The maximum atomic E-state index is 13.1. The molecule has 0 spiro atoms. The number of benzene rings is 2. The average molecular weight is 320 g/mol. The molecule has 0 bridgehead atoms. The van der Waals surface area contributed by atoms with Gasteiger partial charge in [-0.05, 0) is 42.7 Å². The van der Waals surface area contributed by atoms with Gasteiger partial charge in [0.2, 0.25) is 5.91 Å². The first-order chi connectivity index (χ1) is 11.9. The number of aromatic nitrogens is 2. The van der Waals surface area contributed by atoms with E-state index in [1.807, 2.05) is 30.3 Å². The van der Waals surface area contributed by atoms with Crippen LogP contribution in [0.15, 0.2) is 53.5 Å². The van der Waals surface area contributed by atoms with Crippen LogP contribution in [0.2, 0.25) is 0 Å². The van der Waals surface area contributed by atoms with Gasteiger partial charge >= 0.3 is 0 Å². The second-order valence-electron chi connectivity index (χ2n) is 6.02. The van der Waals surface area contributed by atoms with Crippen molar-refractivity contribution in [1.82, 2.24) is 14.9 Å². The van der Waals surface area contributed by atoms with Gasteiger partial charge in [0.15, 0.2) is 0 Å². The lowest BCUT2D eigenvalue weighted by Gasteiger charge is -2.26. The quantitative estimate of drug-likeness (QED) is 0.701. The number of carbonyl (C=O) groups is 1. The zero-order valence-corrected chi connectivity index (χ0v) is 13.3. The van der Waals surface area contributed by atoms with Crippen molar-refractivity contribution in [2.45, 2.75) is 25.8 Å². The van der Waals surface area contributed by atoms with Crippen LogP contribution < -0.4 is 10.9 Å². The second-order valence-corrected chi connectivity index (χ2v) is 6.02. The molecule has 1 fully saturated rings. The molecule has 4 rings (SSSR count). The highest BCUT2D eigenvalue weighted by Gasteiger charge is 2.28. The van der Waals surface area contributed by atoms with E-state index in [9.17, 15) is 9.59 Å². The standard InChI is InChI=1S/C19H17N3O2/c1-11-7-8-17(18(23)20-11)22-12(2)21-16-10-14-6-4-3-5-13(14)9-15(16)19(22)24/h3-6,9-10,17H,1,7-8H2,2H3,(H,20,23)/t17-/m0/s1/i17D. The molecule has 1 amide bonds. The topological polar surface area (TPSA) is 64.0 Å². The van der Waals surface area contributed by atoms with Gasteiger partial charge in [-0.25, -0.2) is 4.98 Å². The lowest BCUT2D eigenvalue weighted by molar-refractivity contribution is -0.124. The molecule has 5 heteroatoms. The maximum absolute atomic E-state index is 13.1. The fourth-order valence-electron chi connectivity index (χ4n) is 3.19. The molecule has 1 saturated heterocycles. The zero-order chi connectivity index (χ0) is 17.8. The van der Waals surface area contributed by atoms with Crippen LogP contribution in [-0.2, 0) is 4.79 Å². The predicted octanol–water partition coefficient (Wildman–Crippen LogP) is 2.82. The maximum Gasteiger partial charge on any atom is 0.262 e. The monoisotopic (exact) mass is 320 g/mol. The normalized spacial score (nSPS) is 21.8. The molecular formula is C19H17N3O2. The minimum Gasteiger partial charge on any atom is -0.329 e. The van der Waals surface area contributed by atoms with Crippen LogP contribution in [0.1, 0.15) is 26.1 Å². The van der Waals surface area contributed by atoms with E-state index in [4.69, 9.17) is 1.37 Å². The van der Waals surface area contributed by atoms with E-state index in [2.05, 4.69) is 16.9 Å². The second kappa shape index (κ2) is 5.30. The molecule has 2 heterocycles. The van der Waals surface area contributed by atoms with Gasteiger partial charge in [-0.1, -0.05) is 30.8 Å². The smallest absolute Gasteiger partial charge is 0.262 e. The molecule has 1 N–H and O–H groups in total. The van der Waals surface area contributed by atoms with E-state index >= 15 is 0 Å². The van der Waals surface area contributed by atoms with Gasteiger partial charge in [-0.15, -0.1) is 0 Å². The number of hydrogen-bond acceptors (Lipinski definition) is 3. The molecule has 1 aliphatic heterocycles. The van der Waals surface area contributed by atoms with Gasteiger partial charge in [-0.3, -0.25) is 14.2 Å². The van der Waals surface area contributed by atoms with Gasteiger partial charge in [0.1, 0.15) is 11.8 Å². The summed E-state index contributed by atoms with van der Waals surface area (Å²) < 4.78 is 9.85. The van der Waals surface area contributed by atoms with Crippen molar-refractivity contribution >= 4 is 27.6 Å². The summed E-state index contributed by atoms with van der Waals surface area (Å²) in [7, 11) is 0. The van der Waals surface area contributed by atoms with Crippen molar-refractivity contribution in [3.05, 3.63) is 64.9 Å². The number of allylic oxidation sites excluding steroid dienone is 1. The minimum atomic E-state index is -1.71. The lowest BCUT2D eigenvalue weighted by Crippen LogP contribution is -2.41. The molecule has 1 aromatic heterocycles. The summed E-state index contributed by atoms with van der Waals surface area (Å²) in [6.07, 6.45) is 0.649. The molecule has 1 aliphatic rings. The number of aryl methyl sites for hydroxylation is 1. The summed E-state index contributed by atoms with van der Waals surface area (Å²) in [5.41, 5.74) is 0.769. The lowest BCUT2D eigenvalue weighted by atomic mass is 10.0. The number of nitrogens with one attached hydrogen (secondary N) is 1. The van der Waals surface area contributed by atoms with Crippen LogP contribution in [-0.4, -0.2) is 15.5 Å². The van der Waals surface area contributed by atoms with Gasteiger partial charge in [0.05, 0.1) is 12.3 Å². The Labute approximate surface area is 140 Å². The van der Waals surface area contributed by atoms with Crippen molar-refractivity contribution in [1.29, 1.82) is 0 Å². The number of amides is 1. The van der Waals surface area contributed by atoms with Crippen LogP contribution in [0.5, 0.6) is 0 Å². The van der Waals surface area contributed by atoms with E-state index < -0.39 is 11.9 Å². The average Bonchev–Trinajstić information content (AvgIpc) is 2.57. The van der Waals surface area contributed by atoms with Crippen molar-refractivity contribution in [2.24, 2.45) is 0 Å². The highest BCUT2D eigenvalue weighted by Crippen LogP contribution is 2.24. The highest BCUT2D eigenvalue weighted by atomic mass is 16.2. The van der Waals surface area contributed by atoms with Crippen molar-refractivity contribution in [3.8, 4) is 0 Å². The van der Waals surface area contributed by atoms with Crippen LogP contribution in [0.4, 0.5) is 0 Å². The third kappa shape index (κ3) is 2.21. The molecular weight excluding hydrogens is 302 g/mol. The molecule has 5 nitrogen and oxygen atoms in total. The van der Waals surface area contributed by atoms with E-state index in [0.29, 0.717) is 28.8 Å². The molecule has 2 aromatic carbocycles. The van der Waals surface area contributed by atoms with E-state index in [1.165, 1.54) is 4.57 Å². The fraction of sp³-hybridized carbons (Fsp3) is 0.211. The van der Waals surface area contributed by atoms with Crippen LogP contribution >= 0.6 is 0 Å². The van der Waals surface area contributed by atoms with E-state index in [0.717, 1.165) is 10.8 Å². The number of hydrogen-bond donors (Lipinski definition) is 1. The zero-order valence-electron chi connectivity index (χ0n) is 14.3. The molecule has 3 aromatic rings. The summed E-state index contributed by atoms with van der Waals surface area (Å²) in [4.78, 5) is 30.1. The van der Waals surface area contributed by atoms with E-state index in [-0.39, 0.29) is 12.0 Å². The van der Waals surface area contributed by atoms with Gasteiger partial charge in [0, 0.05) is 5.70 Å². The largest absolute Gasteiger partial charge is 0.329 e. The fourth-order valence-corrected chi connectivity index (χ4v) is 3.19. The number of rotatable bonds is 1. The molecule has 120 valence electrons. The Hall–Kier alpha value is -2.95. The Morgan fingerprint density at radius 2 is 2.00 bits per heavy atom. The first kappa shape index (κ1) is 13.5. The summed E-state index contributed by atoms with van der Waals surface area (Å²) in [6.45, 7) is 5.39. The first-order valence-electron chi connectivity index (χ1n) is 8.32. The van der Waals surface area contributed by atoms with Crippen LogP contribution in [0.25, 0.3) is 21.7 Å². The van der Waals surface area contributed by atoms with Gasteiger partial charge < -0.3 is 5.32 Å². The van der Waals surface area contributed by atoms with E-state index in [1.54, 1.807) is 13.0 Å². The minimum absolute atomic E-state index is 0.194. The molecule has 0 aliphatic carbocycles. The van der Waals surface area contributed by atoms with Gasteiger partial charge in [-0.2, -0.15) is 0 Å². The van der Waals surface area contributed by atoms with Crippen LogP contribution in [0.3, 0.4) is 0 Å². The summed E-state index contributed by atoms with van der Waals surface area (Å²) in [5, 5.41) is 4.92. The highest BCUT2D eigenvalue weighted by molar-refractivity contribution is 5.96.